The van der Waals surface area contributed by atoms with Crippen molar-refractivity contribution >= 4 is 39.9 Å². The molecule has 6 nitrogen and oxygen atoms in total. The second kappa shape index (κ2) is 7.05. The normalized spacial score (nSPS) is 21.5. The molecule has 2 aliphatic heterocycles. The number of amidine groups is 1. The van der Waals surface area contributed by atoms with Crippen molar-refractivity contribution in [2.45, 2.75) is 18.9 Å². The number of thioether (sulfide) groups is 1. The minimum Gasteiger partial charge on any atom is -0.485 e. The summed E-state index contributed by atoms with van der Waals surface area (Å²) in [6.45, 7) is 2.72. The van der Waals surface area contributed by atoms with Crippen LogP contribution < -0.4 is 20.5 Å². The monoisotopic (exact) mass is 407 g/mol. The van der Waals surface area contributed by atoms with Crippen LogP contribution in [0.15, 0.2) is 28.6 Å². The van der Waals surface area contributed by atoms with E-state index in [-0.39, 0.29) is 11.7 Å². The van der Waals surface area contributed by atoms with Gasteiger partial charge in [0.1, 0.15) is 23.9 Å². The molecule has 2 aromatic rings. The van der Waals surface area contributed by atoms with E-state index >= 15 is 0 Å². The quantitative estimate of drug-likeness (QED) is 0.812. The summed E-state index contributed by atoms with van der Waals surface area (Å²) in [5.41, 5.74) is 5.99. The van der Waals surface area contributed by atoms with Crippen LogP contribution in [0.4, 0.5) is 10.1 Å². The van der Waals surface area contributed by atoms with Crippen LogP contribution in [0.2, 0.25) is 0 Å². The van der Waals surface area contributed by atoms with Gasteiger partial charge in [-0.2, -0.15) is 0 Å². The van der Waals surface area contributed by atoms with Crippen molar-refractivity contribution in [2.24, 2.45) is 10.7 Å². The van der Waals surface area contributed by atoms with E-state index in [2.05, 4.69) is 10.3 Å². The fourth-order valence-corrected chi connectivity index (χ4v) is 4.90. The number of aliphatic imine (C=N–C) groups is 1. The van der Waals surface area contributed by atoms with Crippen LogP contribution in [0.3, 0.4) is 0 Å². The SMILES string of the molecule is C[C@@]1(c2cc(NC(=O)c3scc4c3OCCO4)ccc2F)CCSC(N)=N1. The first-order valence-corrected chi connectivity index (χ1v) is 10.3. The summed E-state index contributed by atoms with van der Waals surface area (Å²) in [5.74, 6) is 1.11. The Kier molecular flexibility index (Phi) is 4.73. The third-order valence-electron chi connectivity index (χ3n) is 4.51. The van der Waals surface area contributed by atoms with Crippen LogP contribution in [-0.2, 0) is 5.54 Å². The van der Waals surface area contributed by atoms with Gasteiger partial charge in [-0.1, -0.05) is 11.8 Å². The largest absolute Gasteiger partial charge is 0.485 e. The summed E-state index contributed by atoms with van der Waals surface area (Å²) in [5, 5.41) is 5.01. The maximum Gasteiger partial charge on any atom is 0.269 e. The summed E-state index contributed by atoms with van der Waals surface area (Å²) in [6.07, 6.45) is 0.663. The van der Waals surface area contributed by atoms with Gasteiger partial charge in [0.05, 0.1) is 5.54 Å². The van der Waals surface area contributed by atoms with Gasteiger partial charge in [-0.3, -0.25) is 9.79 Å². The molecule has 0 radical (unpaired) electrons. The number of thiophene rings is 1. The summed E-state index contributed by atoms with van der Waals surface area (Å²) in [4.78, 5) is 17.5. The highest BCUT2D eigenvalue weighted by Crippen LogP contribution is 2.40. The molecule has 1 aromatic heterocycles. The molecule has 0 unspecified atom stereocenters. The molecule has 2 aliphatic rings. The maximum absolute atomic E-state index is 14.5. The van der Waals surface area contributed by atoms with Crippen LogP contribution in [0.1, 0.15) is 28.6 Å². The first-order chi connectivity index (χ1) is 13.0. The van der Waals surface area contributed by atoms with Gasteiger partial charge in [0.15, 0.2) is 16.7 Å². The molecule has 0 fully saturated rings. The van der Waals surface area contributed by atoms with Crippen LogP contribution in [0.25, 0.3) is 0 Å². The van der Waals surface area contributed by atoms with E-state index in [0.29, 0.717) is 52.4 Å². The van der Waals surface area contributed by atoms with Crippen molar-refractivity contribution < 1.29 is 18.7 Å². The molecule has 1 aromatic carbocycles. The van der Waals surface area contributed by atoms with E-state index in [1.54, 1.807) is 11.4 Å². The number of ether oxygens (including phenoxy) is 2. The molecular weight excluding hydrogens is 389 g/mol. The molecule has 3 N–H and O–H groups in total. The molecular formula is C18H18FN3O3S2. The number of carbonyl (C=O) groups is 1. The van der Waals surface area contributed by atoms with E-state index in [9.17, 15) is 9.18 Å². The number of anilines is 1. The minimum absolute atomic E-state index is 0.323. The molecule has 0 aliphatic carbocycles. The van der Waals surface area contributed by atoms with E-state index in [1.807, 2.05) is 6.92 Å². The Hall–Kier alpha value is -2.26. The van der Waals surface area contributed by atoms with Crippen LogP contribution in [0.5, 0.6) is 11.5 Å². The molecule has 0 saturated carbocycles. The fourth-order valence-electron chi connectivity index (χ4n) is 3.10. The van der Waals surface area contributed by atoms with Crippen molar-refractivity contribution in [1.82, 2.24) is 0 Å². The van der Waals surface area contributed by atoms with Crippen molar-refractivity contribution in [2.75, 3.05) is 24.3 Å². The second-order valence-electron chi connectivity index (χ2n) is 6.43. The molecule has 1 amide bonds. The van der Waals surface area contributed by atoms with E-state index in [1.165, 1.54) is 35.2 Å². The summed E-state index contributed by atoms with van der Waals surface area (Å²) >= 11 is 2.71. The lowest BCUT2D eigenvalue weighted by Gasteiger charge is -2.30. The van der Waals surface area contributed by atoms with Crippen LogP contribution in [-0.4, -0.2) is 30.0 Å². The van der Waals surface area contributed by atoms with Gasteiger partial charge in [-0.25, -0.2) is 4.39 Å². The van der Waals surface area contributed by atoms with Gasteiger partial charge in [-0.05, 0) is 31.5 Å². The van der Waals surface area contributed by atoms with Gasteiger partial charge in [0.25, 0.3) is 5.91 Å². The first kappa shape index (κ1) is 18.1. The molecule has 142 valence electrons. The Balaban J connectivity index is 1.61. The van der Waals surface area contributed by atoms with Crippen molar-refractivity contribution in [3.8, 4) is 11.5 Å². The molecule has 0 bridgehead atoms. The number of carbonyl (C=O) groups excluding carboxylic acids is 1. The van der Waals surface area contributed by atoms with Gasteiger partial charge in [0, 0.05) is 22.4 Å². The van der Waals surface area contributed by atoms with Crippen molar-refractivity contribution in [3.63, 3.8) is 0 Å². The molecule has 1 atom stereocenters. The van der Waals surface area contributed by atoms with Crippen molar-refractivity contribution in [3.05, 3.63) is 39.8 Å². The fraction of sp³-hybridized carbons (Fsp3) is 0.333. The topological polar surface area (TPSA) is 85.9 Å². The van der Waals surface area contributed by atoms with Gasteiger partial charge in [-0.15, -0.1) is 11.3 Å². The molecule has 3 heterocycles. The maximum atomic E-state index is 14.5. The number of rotatable bonds is 3. The predicted octanol–water partition coefficient (Wildman–Crippen LogP) is 3.58. The first-order valence-electron chi connectivity index (χ1n) is 8.43. The minimum atomic E-state index is -0.751. The lowest BCUT2D eigenvalue weighted by molar-refractivity contribution is 0.102. The third-order valence-corrected chi connectivity index (χ3v) is 6.24. The standard InChI is InChI=1S/C18H18FN3O3S2/c1-18(4-7-26-17(20)22-18)11-8-10(2-3-12(11)19)21-16(23)15-14-13(9-27-15)24-5-6-25-14/h2-3,8-9H,4-7H2,1H3,(H2,20,22)(H,21,23)/t18-/m0/s1. The van der Waals surface area contributed by atoms with E-state index < -0.39 is 5.54 Å². The molecule has 9 heteroatoms. The molecule has 0 spiro atoms. The van der Waals surface area contributed by atoms with Crippen molar-refractivity contribution in [1.29, 1.82) is 0 Å². The zero-order valence-electron chi connectivity index (χ0n) is 14.6. The van der Waals surface area contributed by atoms with Gasteiger partial charge < -0.3 is 20.5 Å². The Morgan fingerprint density at radius 2 is 2.19 bits per heavy atom. The number of benzene rings is 1. The highest BCUT2D eigenvalue weighted by molar-refractivity contribution is 8.13. The number of nitrogens with zero attached hydrogens (tertiary/aromatic N) is 1. The highest BCUT2D eigenvalue weighted by Gasteiger charge is 2.32. The lowest BCUT2D eigenvalue weighted by Crippen LogP contribution is -2.29. The Bertz CT molecular complexity index is 931. The smallest absolute Gasteiger partial charge is 0.269 e. The number of hydrogen-bond acceptors (Lipinski definition) is 7. The number of nitrogens with one attached hydrogen (secondary N) is 1. The summed E-state index contributed by atoms with van der Waals surface area (Å²) in [7, 11) is 0. The average Bonchev–Trinajstić information content (AvgIpc) is 3.07. The number of nitrogens with two attached hydrogens (primary N) is 1. The molecule has 4 rings (SSSR count). The predicted molar refractivity (Wildman–Crippen MR) is 106 cm³/mol. The second-order valence-corrected chi connectivity index (χ2v) is 8.42. The summed E-state index contributed by atoms with van der Waals surface area (Å²) in [6, 6.07) is 4.49. The van der Waals surface area contributed by atoms with E-state index in [4.69, 9.17) is 15.2 Å². The zero-order valence-corrected chi connectivity index (χ0v) is 16.2. The average molecular weight is 407 g/mol. The number of amides is 1. The third kappa shape index (κ3) is 3.49. The van der Waals surface area contributed by atoms with Gasteiger partial charge >= 0.3 is 0 Å². The number of halogens is 1. The Morgan fingerprint density at radius 1 is 1.37 bits per heavy atom. The summed E-state index contributed by atoms with van der Waals surface area (Å²) < 4.78 is 25.5. The van der Waals surface area contributed by atoms with E-state index in [0.717, 1.165) is 5.75 Å². The van der Waals surface area contributed by atoms with Crippen LogP contribution in [0, 0.1) is 5.82 Å². The zero-order chi connectivity index (χ0) is 19.0. The lowest BCUT2D eigenvalue weighted by atomic mass is 9.89. The molecule has 27 heavy (non-hydrogen) atoms. The highest BCUT2D eigenvalue weighted by atomic mass is 32.2. The van der Waals surface area contributed by atoms with Crippen LogP contribution >= 0.6 is 23.1 Å². The van der Waals surface area contributed by atoms with Gasteiger partial charge in [0.2, 0.25) is 0 Å². The number of fused-ring (bicyclic) bond motifs is 1. The number of hydrogen-bond donors (Lipinski definition) is 2. The Morgan fingerprint density at radius 3 is 3.00 bits per heavy atom. The Labute approximate surface area is 163 Å². The molecule has 0 saturated heterocycles.